The van der Waals surface area contributed by atoms with Crippen LogP contribution in [0.2, 0.25) is 0 Å². The average molecular weight is 216 g/mol. The van der Waals surface area contributed by atoms with Gasteiger partial charge in [0.2, 0.25) is 0 Å². The van der Waals surface area contributed by atoms with E-state index in [-0.39, 0.29) is 5.54 Å². The van der Waals surface area contributed by atoms with E-state index >= 15 is 0 Å². The van der Waals surface area contributed by atoms with Crippen LogP contribution in [0.15, 0.2) is 12.1 Å². The number of hydrogen-bond donors (Lipinski definition) is 2. The van der Waals surface area contributed by atoms with Gasteiger partial charge >= 0.3 is 0 Å². The molecule has 0 spiro atoms. The fraction of sp³-hybridized carbons (Fsp3) is 0.571. The van der Waals surface area contributed by atoms with Gasteiger partial charge in [-0.15, -0.1) is 0 Å². The summed E-state index contributed by atoms with van der Waals surface area (Å²) in [7, 11) is 0. The second-order valence-corrected chi connectivity index (χ2v) is 5.49. The van der Waals surface area contributed by atoms with Crippen molar-refractivity contribution in [2.24, 2.45) is 11.5 Å². The van der Waals surface area contributed by atoms with Gasteiger partial charge in [-0.1, -0.05) is 12.1 Å². The second-order valence-electron chi connectivity index (χ2n) is 5.49. The summed E-state index contributed by atoms with van der Waals surface area (Å²) in [5.74, 6) is 0. The van der Waals surface area contributed by atoms with E-state index in [1.807, 2.05) is 0 Å². The lowest BCUT2D eigenvalue weighted by Gasteiger charge is -2.34. The molecule has 0 aromatic heterocycles. The van der Waals surface area contributed by atoms with Crippen molar-refractivity contribution in [1.29, 1.82) is 0 Å². The molecule has 1 unspecified atom stereocenters. The molecule has 1 atom stereocenters. The molecule has 0 bridgehead atoms. The predicted octanol–water partition coefficient (Wildman–Crippen LogP) is 1.32. The Kier molecular flexibility index (Phi) is 2.30. The molecule has 2 aliphatic carbocycles. The van der Waals surface area contributed by atoms with Gasteiger partial charge < -0.3 is 11.5 Å². The topological polar surface area (TPSA) is 52.0 Å². The molecule has 0 aliphatic heterocycles. The molecule has 0 amide bonds. The summed E-state index contributed by atoms with van der Waals surface area (Å²) in [5.41, 5.74) is 18.0. The van der Waals surface area contributed by atoms with Crippen LogP contribution in [0, 0.1) is 0 Å². The van der Waals surface area contributed by atoms with E-state index in [4.69, 9.17) is 11.5 Å². The SMILES string of the molecule is NCC1(N)CCc2cc3c(cc2C1)CCC3. The highest BCUT2D eigenvalue weighted by Crippen LogP contribution is 2.32. The molecular weight excluding hydrogens is 196 g/mol. The minimum Gasteiger partial charge on any atom is -0.329 e. The summed E-state index contributed by atoms with van der Waals surface area (Å²) >= 11 is 0. The zero-order valence-electron chi connectivity index (χ0n) is 9.76. The third-order valence-corrected chi connectivity index (χ3v) is 4.26. The van der Waals surface area contributed by atoms with Crippen molar-refractivity contribution in [3.8, 4) is 0 Å². The van der Waals surface area contributed by atoms with Crippen molar-refractivity contribution in [1.82, 2.24) is 0 Å². The lowest BCUT2D eigenvalue weighted by Crippen LogP contribution is -2.51. The zero-order valence-corrected chi connectivity index (χ0v) is 9.76. The molecule has 1 aromatic carbocycles. The van der Waals surface area contributed by atoms with E-state index in [2.05, 4.69) is 12.1 Å². The Morgan fingerprint density at radius 3 is 2.31 bits per heavy atom. The summed E-state index contributed by atoms with van der Waals surface area (Å²) in [6, 6.07) is 4.82. The Bertz CT molecular complexity index is 425. The Morgan fingerprint density at radius 1 is 1.00 bits per heavy atom. The smallest absolute Gasteiger partial charge is 0.0322 e. The lowest BCUT2D eigenvalue weighted by atomic mass is 9.77. The standard InChI is InChI=1S/C14H20N2/c15-9-14(16)5-4-12-6-10-2-1-3-11(10)7-13(12)8-14/h6-7H,1-5,8-9,15-16H2. The van der Waals surface area contributed by atoms with Crippen LogP contribution in [0.25, 0.3) is 0 Å². The summed E-state index contributed by atoms with van der Waals surface area (Å²) in [5, 5.41) is 0. The minimum absolute atomic E-state index is 0.153. The maximum Gasteiger partial charge on any atom is 0.0322 e. The van der Waals surface area contributed by atoms with Crippen LogP contribution < -0.4 is 11.5 Å². The molecule has 1 aromatic rings. The van der Waals surface area contributed by atoms with Crippen molar-refractivity contribution in [3.05, 3.63) is 34.4 Å². The molecule has 0 radical (unpaired) electrons. The fourth-order valence-electron chi connectivity index (χ4n) is 3.15. The highest BCUT2D eigenvalue weighted by molar-refractivity contribution is 5.43. The molecule has 2 nitrogen and oxygen atoms in total. The van der Waals surface area contributed by atoms with E-state index in [1.165, 1.54) is 30.4 Å². The van der Waals surface area contributed by atoms with Crippen molar-refractivity contribution < 1.29 is 0 Å². The molecule has 0 saturated heterocycles. The van der Waals surface area contributed by atoms with Gasteiger partial charge in [-0.25, -0.2) is 0 Å². The van der Waals surface area contributed by atoms with E-state index in [1.54, 1.807) is 11.1 Å². The van der Waals surface area contributed by atoms with Gasteiger partial charge in [0.05, 0.1) is 0 Å². The highest BCUT2D eigenvalue weighted by atomic mass is 14.8. The van der Waals surface area contributed by atoms with Gasteiger partial charge in [0.1, 0.15) is 0 Å². The molecule has 4 N–H and O–H groups in total. The van der Waals surface area contributed by atoms with Gasteiger partial charge in [-0.2, -0.15) is 0 Å². The Labute approximate surface area is 97.0 Å². The third-order valence-electron chi connectivity index (χ3n) is 4.26. The average Bonchev–Trinajstić information content (AvgIpc) is 2.73. The highest BCUT2D eigenvalue weighted by Gasteiger charge is 2.30. The molecule has 16 heavy (non-hydrogen) atoms. The number of aryl methyl sites for hydroxylation is 3. The van der Waals surface area contributed by atoms with Crippen LogP contribution in [0.4, 0.5) is 0 Å². The molecule has 2 heteroatoms. The predicted molar refractivity (Wildman–Crippen MR) is 66.5 cm³/mol. The van der Waals surface area contributed by atoms with E-state index in [0.717, 1.165) is 19.3 Å². The first-order valence-corrected chi connectivity index (χ1v) is 6.33. The first-order valence-electron chi connectivity index (χ1n) is 6.33. The monoisotopic (exact) mass is 216 g/mol. The summed E-state index contributed by atoms with van der Waals surface area (Å²) in [6.45, 7) is 0.601. The molecule has 0 saturated carbocycles. The molecular formula is C14H20N2. The summed E-state index contributed by atoms with van der Waals surface area (Å²) in [6.07, 6.45) is 6.96. The van der Waals surface area contributed by atoms with E-state index in [0.29, 0.717) is 6.54 Å². The van der Waals surface area contributed by atoms with Crippen molar-refractivity contribution in [3.63, 3.8) is 0 Å². The van der Waals surface area contributed by atoms with Crippen molar-refractivity contribution in [2.75, 3.05) is 6.54 Å². The lowest BCUT2D eigenvalue weighted by molar-refractivity contribution is 0.381. The first kappa shape index (κ1) is 10.3. The molecule has 86 valence electrons. The van der Waals surface area contributed by atoms with Crippen LogP contribution >= 0.6 is 0 Å². The zero-order chi connectivity index (χ0) is 11.2. The summed E-state index contributed by atoms with van der Waals surface area (Å²) in [4.78, 5) is 0. The van der Waals surface area contributed by atoms with Crippen LogP contribution in [0.5, 0.6) is 0 Å². The first-order chi connectivity index (χ1) is 7.70. The maximum absolute atomic E-state index is 6.29. The molecule has 0 fully saturated rings. The molecule has 3 rings (SSSR count). The number of benzene rings is 1. The van der Waals surface area contributed by atoms with E-state index in [9.17, 15) is 0 Å². The summed E-state index contributed by atoms with van der Waals surface area (Å²) < 4.78 is 0. The normalized spacial score (nSPS) is 27.6. The molecule has 2 aliphatic rings. The number of rotatable bonds is 1. The van der Waals surface area contributed by atoms with Crippen LogP contribution in [-0.4, -0.2) is 12.1 Å². The number of nitrogens with two attached hydrogens (primary N) is 2. The van der Waals surface area contributed by atoms with Crippen molar-refractivity contribution in [2.45, 2.75) is 44.1 Å². The number of fused-ring (bicyclic) bond motifs is 2. The van der Waals surface area contributed by atoms with Gasteiger partial charge in [-0.3, -0.25) is 0 Å². The van der Waals surface area contributed by atoms with Crippen LogP contribution in [-0.2, 0) is 25.7 Å². The van der Waals surface area contributed by atoms with Gasteiger partial charge in [0.25, 0.3) is 0 Å². The number of hydrogen-bond acceptors (Lipinski definition) is 2. The minimum atomic E-state index is -0.153. The van der Waals surface area contributed by atoms with E-state index < -0.39 is 0 Å². The quantitative estimate of drug-likeness (QED) is 0.744. The largest absolute Gasteiger partial charge is 0.329 e. The van der Waals surface area contributed by atoms with Crippen LogP contribution in [0.1, 0.15) is 35.1 Å². The Balaban J connectivity index is 1.99. The Morgan fingerprint density at radius 2 is 1.62 bits per heavy atom. The van der Waals surface area contributed by atoms with Crippen molar-refractivity contribution >= 4 is 0 Å². The van der Waals surface area contributed by atoms with Gasteiger partial charge in [-0.05, 0) is 60.8 Å². The Hall–Kier alpha value is -0.860. The maximum atomic E-state index is 6.29. The molecule has 0 heterocycles. The fourth-order valence-corrected chi connectivity index (χ4v) is 3.15. The van der Waals surface area contributed by atoms with Crippen LogP contribution in [0.3, 0.4) is 0 Å². The second kappa shape index (κ2) is 3.57. The van der Waals surface area contributed by atoms with Gasteiger partial charge in [0.15, 0.2) is 0 Å². The van der Waals surface area contributed by atoms with Gasteiger partial charge in [0, 0.05) is 12.1 Å². The third kappa shape index (κ3) is 1.57.